The van der Waals surface area contributed by atoms with Crippen molar-refractivity contribution in [2.24, 2.45) is 0 Å². The molecule has 1 aliphatic rings. The SMILES string of the molecule is CCCCOc1ccc(-c2ccc(C3CCC(OC)CO3)c(F)c2)c(F)c1F. The first-order valence-electron chi connectivity index (χ1n) is 9.60. The normalized spacial score (nSPS) is 19.6. The highest BCUT2D eigenvalue weighted by Gasteiger charge is 2.25. The van der Waals surface area contributed by atoms with Gasteiger partial charge in [-0.15, -0.1) is 0 Å². The minimum atomic E-state index is -1.06. The van der Waals surface area contributed by atoms with E-state index in [0.717, 1.165) is 19.3 Å². The Morgan fingerprint density at radius 3 is 2.54 bits per heavy atom. The van der Waals surface area contributed by atoms with Gasteiger partial charge in [0.1, 0.15) is 5.82 Å². The second-order valence-electron chi connectivity index (χ2n) is 6.93. The van der Waals surface area contributed by atoms with E-state index in [4.69, 9.17) is 14.2 Å². The lowest BCUT2D eigenvalue weighted by Gasteiger charge is -2.28. The van der Waals surface area contributed by atoms with Gasteiger partial charge in [0.05, 0.1) is 25.4 Å². The van der Waals surface area contributed by atoms with Gasteiger partial charge in [0, 0.05) is 18.2 Å². The number of hydrogen-bond donors (Lipinski definition) is 0. The van der Waals surface area contributed by atoms with E-state index in [1.54, 1.807) is 19.2 Å². The molecule has 0 radical (unpaired) electrons. The van der Waals surface area contributed by atoms with Gasteiger partial charge in [0.25, 0.3) is 0 Å². The van der Waals surface area contributed by atoms with Crippen LogP contribution < -0.4 is 4.74 Å². The number of methoxy groups -OCH3 is 1. The molecule has 0 aromatic heterocycles. The van der Waals surface area contributed by atoms with Crippen LogP contribution in [0.3, 0.4) is 0 Å². The Hall–Kier alpha value is -2.05. The first-order chi connectivity index (χ1) is 13.5. The second kappa shape index (κ2) is 9.43. The Labute approximate surface area is 163 Å². The van der Waals surface area contributed by atoms with Crippen molar-refractivity contribution in [3.05, 3.63) is 53.3 Å². The molecule has 0 amide bonds. The third kappa shape index (κ3) is 4.50. The summed E-state index contributed by atoms with van der Waals surface area (Å²) in [6.07, 6.45) is 2.72. The number of benzene rings is 2. The largest absolute Gasteiger partial charge is 0.490 e. The van der Waals surface area contributed by atoms with Gasteiger partial charge in [-0.3, -0.25) is 0 Å². The zero-order chi connectivity index (χ0) is 20.1. The van der Waals surface area contributed by atoms with Crippen LogP contribution in [0.2, 0.25) is 0 Å². The Morgan fingerprint density at radius 1 is 1.07 bits per heavy atom. The van der Waals surface area contributed by atoms with Crippen LogP contribution in [0.5, 0.6) is 5.75 Å². The Bertz CT molecular complexity index is 802. The predicted molar refractivity (Wildman–Crippen MR) is 101 cm³/mol. The lowest BCUT2D eigenvalue weighted by atomic mass is 9.96. The molecule has 2 aromatic carbocycles. The number of rotatable bonds is 7. The molecule has 2 unspecified atom stereocenters. The van der Waals surface area contributed by atoms with Crippen LogP contribution in [0.4, 0.5) is 13.2 Å². The third-order valence-electron chi connectivity index (χ3n) is 5.03. The predicted octanol–water partition coefficient (Wildman–Crippen LogP) is 5.82. The van der Waals surface area contributed by atoms with E-state index in [1.807, 2.05) is 6.92 Å². The van der Waals surface area contributed by atoms with Gasteiger partial charge in [0.15, 0.2) is 11.6 Å². The van der Waals surface area contributed by atoms with Gasteiger partial charge in [0.2, 0.25) is 5.82 Å². The summed E-state index contributed by atoms with van der Waals surface area (Å²) < 4.78 is 59.7. The van der Waals surface area contributed by atoms with E-state index in [9.17, 15) is 13.2 Å². The van der Waals surface area contributed by atoms with Gasteiger partial charge in [-0.25, -0.2) is 8.78 Å². The van der Waals surface area contributed by atoms with E-state index < -0.39 is 17.5 Å². The van der Waals surface area contributed by atoms with Crippen LogP contribution in [-0.4, -0.2) is 26.4 Å². The van der Waals surface area contributed by atoms with E-state index in [-0.39, 0.29) is 29.1 Å². The van der Waals surface area contributed by atoms with Crippen LogP contribution in [0.15, 0.2) is 30.3 Å². The molecule has 2 atom stereocenters. The highest BCUT2D eigenvalue weighted by Crippen LogP contribution is 2.34. The van der Waals surface area contributed by atoms with E-state index in [2.05, 4.69) is 0 Å². The molecule has 1 aliphatic heterocycles. The summed E-state index contributed by atoms with van der Waals surface area (Å²) in [5, 5.41) is 0. The Morgan fingerprint density at radius 2 is 1.89 bits per heavy atom. The number of ether oxygens (including phenoxy) is 3. The van der Waals surface area contributed by atoms with Crippen molar-refractivity contribution in [2.75, 3.05) is 20.3 Å². The molecule has 0 bridgehead atoms. The Kier molecular flexibility index (Phi) is 6.97. The van der Waals surface area contributed by atoms with Gasteiger partial charge < -0.3 is 14.2 Å². The summed E-state index contributed by atoms with van der Waals surface area (Å²) in [6.45, 7) is 2.71. The lowest BCUT2D eigenvalue weighted by Crippen LogP contribution is -2.26. The maximum Gasteiger partial charge on any atom is 0.201 e. The zero-order valence-corrected chi connectivity index (χ0v) is 16.1. The minimum absolute atomic E-state index is 0.00481. The average Bonchev–Trinajstić information content (AvgIpc) is 2.71. The maximum absolute atomic E-state index is 14.7. The molecular weight excluding hydrogens is 369 g/mol. The molecule has 0 saturated carbocycles. The van der Waals surface area contributed by atoms with Crippen LogP contribution in [0.1, 0.15) is 44.3 Å². The second-order valence-corrected chi connectivity index (χ2v) is 6.93. The molecular formula is C22H25F3O3. The van der Waals surface area contributed by atoms with Gasteiger partial charge in [-0.2, -0.15) is 4.39 Å². The zero-order valence-electron chi connectivity index (χ0n) is 16.1. The topological polar surface area (TPSA) is 27.7 Å². The summed E-state index contributed by atoms with van der Waals surface area (Å²) in [4.78, 5) is 0. The highest BCUT2D eigenvalue weighted by molar-refractivity contribution is 5.66. The smallest absolute Gasteiger partial charge is 0.201 e. The molecule has 6 heteroatoms. The Balaban J connectivity index is 1.79. The molecule has 0 aliphatic carbocycles. The molecule has 0 spiro atoms. The minimum Gasteiger partial charge on any atom is -0.490 e. The van der Waals surface area contributed by atoms with Crippen molar-refractivity contribution in [3.8, 4) is 16.9 Å². The number of hydrogen-bond acceptors (Lipinski definition) is 3. The van der Waals surface area contributed by atoms with Gasteiger partial charge >= 0.3 is 0 Å². The van der Waals surface area contributed by atoms with Gasteiger partial charge in [-0.05, 0) is 43.0 Å². The van der Waals surface area contributed by atoms with E-state index in [1.165, 1.54) is 18.2 Å². The highest BCUT2D eigenvalue weighted by atomic mass is 19.2. The third-order valence-corrected chi connectivity index (χ3v) is 5.03. The van der Waals surface area contributed by atoms with Crippen molar-refractivity contribution < 1.29 is 27.4 Å². The first-order valence-corrected chi connectivity index (χ1v) is 9.60. The maximum atomic E-state index is 14.7. The summed E-state index contributed by atoms with van der Waals surface area (Å²) in [6, 6.07) is 7.17. The fourth-order valence-corrected chi connectivity index (χ4v) is 3.31. The quantitative estimate of drug-likeness (QED) is 0.554. The van der Waals surface area contributed by atoms with Crippen LogP contribution >= 0.6 is 0 Å². The average molecular weight is 394 g/mol. The molecule has 1 heterocycles. The molecule has 0 N–H and O–H groups in total. The summed E-state index contributed by atoms with van der Waals surface area (Å²) >= 11 is 0. The van der Waals surface area contributed by atoms with Crippen LogP contribution in [0, 0.1) is 17.5 Å². The van der Waals surface area contributed by atoms with Crippen molar-refractivity contribution >= 4 is 0 Å². The first kappa shape index (κ1) is 20.7. The summed E-state index contributed by atoms with van der Waals surface area (Å²) in [5.41, 5.74) is 0.678. The van der Waals surface area contributed by atoms with Gasteiger partial charge in [-0.1, -0.05) is 25.5 Å². The fraction of sp³-hybridized carbons (Fsp3) is 0.455. The van der Waals surface area contributed by atoms with Crippen LogP contribution in [-0.2, 0) is 9.47 Å². The molecule has 2 aromatic rings. The molecule has 1 fully saturated rings. The monoisotopic (exact) mass is 394 g/mol. The van der Waals surface area contributed by atoms with E-state index in [0.29, 0.717) is 25.2 Å². The van der Waals surface area contributed by atoms with Crippen molar-refractivity contribution in [3.63, 3.8) is 0 Å². The van der Waals surface area contributed by atoms with E-state index >= 15 is 0 Å². The number of unbranched alkanes of at least 4 members (excludes halogenated alkanes) is 1. The molecule has 28 heavy (non-hydrogen) atoms. The molecule has 3 nitrogen and oxygen atoms in total. The fourth-order valence-electron chi connectivity index (χ4n) is 3.31. The number of halogens is 3. The van der Waals surface area contributed by atoms with Crippen molar-refractivity contribution in [1.82, 2.24) is 0 Å². The van der Waals surface area contributed by atoms with Crippen molar-refractivity contribution in [2.45, 2.75) is 44.8 Å². The molecule has 152 valence electrons. The molecule has 3 rings (SSSR count). The summed E-state index contributed by atoms with van der Waals surface area (Å²) in [7, 11) is 1.62. The summed E-state index contributed by atoms with van der Waals surface area (Å²) in [5.74, 6) is -2.73. The lowest BCUT2D eigenvalue weighted by molar-refractivity contribution is -0.0735. The van der Waals surface area contributed by atoms with Crippen molar-refractivity contribution in [1.29, 1.82) is 0 Å². The standard InChI is InChI=1S/C22H25F3O3/c1-3-4-11-27-20-10-8-16(21(24)22(20)25)14-5-7-17(18(23)12-14)19-9-6-15(26-2)13-28-19/h5,7-8,10,12,15,19H,3-4,6,9,11,13H2,1-2H3. The molecule has 1 saturated heterocycles. The van der Waals surface area contributed by atoms with Crippen LogP contribution in [0.25, 0.3) is 11.1 Å².